The van der Waals surface area contributed by atoms with Gasteiger partial charge in [-0.05, 0) is 57.2 Å². The van der Waals surface area contributed by atoms with Crippen LogP contribution in [0.5, 0.6) is 0 Å². The van der Waals surface area contributed by atoms with Crippen LogP contribution >= 0.6 is 11.6 Å². The average molecular weight is 456 g/mol. The molecule has 1 fully saturated rings. The van der Waals surface area contributed by atoms with Gasteiger partial charge in [-0.25, -0.2) is 9.97 Å². The molecule has 1 aromatic carbocycles. The molecule has 1 N–H and O–H groups in total. The van der Waals surface area contributed by atoms with Crippen LogP contribution in [-0.2, 0) is 11.2 Å². The lowest BCUT2D eigenvalue weighted by Crippen LogP contribution is -2.52. The SMILES string of the molecule is C[C@@H]1CCc2ncnc(N3CCN(C(=O)[C@H](CNC(C)(C)C)c4ccc(Cl)cc4)CC3)c21. The second kappa shape index (κ2) is 9.36. The molecule has 1 aliphatic heterocycles. The highest BCUT2D eigenvalue weighted by Gasteiger charge is 2.32. The molecule has 2 heterocycles. The van der Waals surface area contributed by atoms with Crippen molar-refractivity contribution in [2.24, 2.45) is 0 Å². The Balaban J connectivity index is 1.47. The number of anilines is 1. The maximum atomic E-state index is 13.6. The Bertz CT molecular complexity index is 948. The number of carbonyl (C=O) groups excluding carboxylic acids is 1. The second-order valence-corrected chi connectivity index (χ2v) is 10.5. The smallest absolute Gasteiger partial charge is 0.231 e. The monoisotopic (exact) mass is 455 g/mol. The Morgan fingerprint density at radius 3 is 2.50 bits per heavy atom. The molecule has 2 atom stereocenters. The number of carbonyl (C=O) groups is 1. The van der Waals surface area contributed by atoms with E-state index in [1.54, 1.807) is 6.33 Å². The molecule has 2 aromatic rings. The van der Waals surface area contributed by atoms with Gasteiger partial charge in [-0.1, -0.05) is 30.7 Å². The molecule has 1 aliphatic carbocycles. The molecule has 0 saturated carbocycles. The summed E-state index contributed by atoms with van der Waals surface area (Å²) in [6.07, 6.45) is 3.87. The van der Waals surface area contributed by atoms with E-state index in [9.17, 15) is 4.79 Å². The summed E-state index contributed by atoms with van der Waals surface area (Å²) in [4.78, 5) is 27.1. The third-order valence-corrected chi connectivity index (χ3v) is 6.80. The van der Waals surface area contributed by atoms with Crippen LogP contribution in [-0.4, -0.2) is 59.0 Å². The van der Waals surface area contributed by atoms with Crippen molar-refractivity contribution in [1.29, 1.82) is 0 Å². The Morgan fingerprint density at radius 2 is 1.84 bits per heavy atom. The van der Waals surface area contributed by atoms with Crippen molar-refractivity contribution in [3.05, 3.63) is 52.4 Å². The highest BCUT2D eigenvalue weighted by molar-refractivity contribution is 6.30. The van der Waals surface area contributed by atoms with Crippen LogP contribution in [0.2, 0.25) is 5.02 Å². The molecule has 1 amide bonds. The van der Waals surface area contributed by atoms with Gasteiger partial charge in [0.1, 0.15) is 12.1 Å². The summed E-state index contributed by atoms with van der Waals surface area (Å²) < 4.78 is 0. The number of aryl methyl sites for hydroxylation is 1. The fraction of sp³-hybridized carbons (Fsp3) is 0.560. The molecule has 1 saturated heterocycles. The first-order valence-electron chi connectivity index (χ1n) is 11.6. The lowest BCUT2D eigenvalue weighted by Gasteiger charge is -2.38. The zero-order chi connectivity index (χ0) is 22.9. The minimum atomic E-state index is -0.235. The van der Waals surface area contributed by atoms with Gasteiger partial charge in [0.15, 0.2) is 0 Å². The third kappa shape index (κ3) is 5.07. The van der Waals surface area contributed by atoms with E-state index in [0.717, 1.165) is 37.3 Å². The number of piperazine rings is 1. The van der Waals surface area contributed by atoms with Gasteiger partial charge in [-0.15, -0.1) is 0 Å². The van der Waals surface area contributed by atoms with Crippen LogP contribution in [0.3, 0.4) is 0 Å². The minimum absolute atomic E-state index is 0.0618. The van der Waals surface area contributed by atoms with Gasteiger partial charge < -0.3 is 15.1 Å². The predicted octanol–water partition coefficient (Wildman–Crippen LogP) is 4.00. The highest BCUT2D eigenvalue weighted by atomic mass is 35.5. The number of fused-ring (bicyclic) bond motifs is 1. The predicted molar refractivity (Wildman–Crippen MR) is 130 cm³/mol. The van der Waals surface area contributed by atoms with Crippen molar-refractivity contribution >= 4 is 23.3 Å². The van der Waals surface area contributed by atoms with Gasteiger partial charge in [0.25, 0.3) is 0 Å². The third-order valence-electron chi connectivity index (χ3n) is 6.55. The van der Waals surface area contributed by atoms with Crippen LogP contribution in [0.25, 0.3) is 0 Å². The van der Waals surface area contributed by atoms with E-state index in [-0.39, 0.29) is 17.4 Å². The summed E-state index contributed by atoms with van der Waals surface area (Å²) in [5.74, 6) is 1.50. The molecule has 0 radical (unpaired) electrons. The van der Waals surface area contributed by atoms with Crippen LogP contribution in [0.15, 0.2) is 30.6 Å². The molecule has 0 bridgehead atoms. The van der Waals surface area contributed by atoms with Gasteiger partial charge in [-0.2, -0.15) is 0 Å². The maximum Gasteiger partial charge on any atom is 0.231 e. The number of hydrogen-bond donors (Lipinski definition) is 1. The lowest BCUT2D eigenvalue weighted by atomic mass is 9.95. The van der Waals surface area contributed by atoms with E-state index in [2.05, 4.69) is 47.9 Å². The molecule has 1 aromatic heterocycles. The molecular weight excluding hydrogens is 422 g/mol. The minimum Gasteiger partial charge on any atom is -0.353 e. The van der Waals surface area contributed by atoms with Crippen molar-refractivity contribution < 1.29 is 4.79 Å². The number of rotatable bonds is 5. The Hall–Kier alpha value is -2.18. The molecule has 7 heteroatoms. The average Bonchev–Trinajstić information content (AvgIpc) is 3.15. The Labute approximate surface area is 196 Å². The zero-order valence-electron chi connectivity index (χ0n) is 19.6. The van der Waals surface area contributed by atoms with Crippen molar-refractivity contribution in [3.63, 3.8) is 0 Å². The number of nitrogens with zero attached hydrogens (tertiary/aromatic N) is 4. The number of benzene rings is 1. The molecule has 0 spiro atoms. The molecule has 172 valence electrons. The largest absolute Gasteiger partial charge is 0.353 e. The summed E-state index contributed by atoms with van der Waals surface area (Å²) in [5, 5.41) is 4.20. The number of nitrogens with one attached hydrogen (secondary N) is 1. The van der Waals surface area contributed by atoms with Gasteiger partial charge in [0.05, 0.1) is 5.92 Å². The summed E-state index contributed by atoms with van der Waals surface area (Å²) in [5.41, 5.74) is 3.44. The topological polar surface area (TPSA) is 61.4 Å². The summed E-state index contributed by atoms with van der Waals surface area (Å²) in [6.45, 7) is 12.2. The normalized spacial score (nSPS) is 19.7. The summed E-state index contributed by atoms with van der Waals surface area (Å²) in [6, 6.07) is 7.67. The summed E-state index contributed by atoms with van der Waals surface area (Å²) >= 11 is 6.09. The number of aromatic nitrogens is 2. The molecular formula is C25H34ClN5O. The Morgan fingerprint density at radius 1 is 1.16 bits per heavy atom. The van der Waals surface area contributed by atoms with Crippen molar-refractivity contribution in [2.75, 3.05) is 37.6 Å². The highest BCUT2D eigenvalue weighted by Crippen LogP contribution is 2.37. The number of halogens is 1. The van der Waals surface area contributed by atoms with E-state index in [4.69, 9.17) is 11.6 Å². The van der Waals surface area contributed by atoms with E-state index in [0.29, 0.717) is 30.6 Å². The fourth-order valence-corrected chi connectivity index (χ4v) is 4.81. The number of hydrogen-bond acceptors (Lipinski definition) is 5. The number of amides is 1. The quantitative estimate of drug-likeness (QED) is 0.738. The first-order valence-corrected chi connectivity index (χ1v) is 12.0. The van der Waals surface area contributed by atoms with Gasteiger partial charge in [0.2, 0.25) is 5.91 Å². The fourth-order valence-electron chi connectivity index (χ4n) is 4.69. The van der Waals surface area contributed by atoms with Crippen LogP contribution in [0, 0.1) is 0 Å². The van der Waals surface area contributed by atoms with Crippen molar-refractivity contribution in [1.82, 2.24) is 20.2 Å². The zero-order valence-corrected chi connectivity index (χ0v) is 20.3. The Kier molecular flexibility index (Phi) is 6.72. The molecule has 6 nitrogen and oxygen atoms in total. The molecule has 2 aliphatic rings. The van der Waals surface area contributed by atoms with E-state index in [1.165, 1.54) is 11.3 Å². The molecule has 32 heavy (non-hydrogen) atoms. The van der Waals surface area contributed by atoms with Crippen molar-refractivity contribution in [2.45, 2.75) is 57.9 Å². The first-order chi connectivity index (χ1) is 15.2. The molecule has 4 rings (SSSR count). The van der Waals surface area contributed by atoms with E-state index >= 15 is 0 Å². The van der Waals surface area contributed by atoms with Crippen LogP contribution < -0.4 is 10.2 Å². The van der Waals surface area contributed by atoms with E-state index in [1.807, 2.05) is 29.2 Å². The second-order valence-electron chi connectivity index (χ2n) is 10.0. The van der Waals surface area contributed by atoms with E-state index < -0.39 is 0 Å². The first kappa shape index (κ1) is 23.0. The van der Waals surface area contributed by atoms with Gasteiger partial charge in [0, 0.05) is 54.5 Å². The molecule has 0 unspecified atom stereocenters. The standard InChI is InChI=1S/C25H34ClN5O/c1-17-5-10-21-22(17)23(28-16-27-21)30-11-13-31(14-12-30)24(32)20(15-29-25(2,3)4)18-6-8-19(26)9-7-18/h6-9,16-17,20,29H,5,10-15H2,1-4H3/t17-,20-/m1/s1. The van der Waals surface area contributed by atoms with Gasteiger partial charge >= 0.3 is 0 Å². The maximum absolute atomic E-state index is 13.6. The lowest BCUT2D eigenvalue weighted by molar-refractivity contribution is -0.133. The van der Waals surface area contributed by atoms with Gasteiger partial charge in [-0.3, -0.25) is 4.79 Å². The van der Waals surface area contributed by atoms with Crippen molar-refractivity contribution in [3.8, 4) is 0 Å². The summed E-state index contributed by atoms with van der Waals surface area (Å²) in [7, 11) is 0. The van der Waals surface area contributed by atoms with Crippen LogP contribution in [0.1, 0.15) is 62.8 Å². The van der Waals surface area contributed by atoms with Crippen LogP contribution in [0.4, 0.5) is 5.82 Å².